The van der Waals surface area contributed by atoms with Crippen LogP contribution < -0.4 is 5.32 Å². The number of aromatic nitrogens is 2. The van der Waals surface area contributed by atoms with Gasteiger partial charge in [0.25, 0.3) is 0 Å². The molecule has 1 N–H and O–H groups in total. The van der Waals surface area contributed by atoms with Gasteiger partial charge in [-0.3, -0.25) is 4.68 Å². The maximum atomic E-state index is 4.24. The van der Waals surface area contributed by atoms with E-state index in [4.69, 9.17) is 0 Å². The predicted molar refractivity (Wildman–Crippen MR) is 64.7 cm³/mol. The fourth-order valence-electron chi connectivity index (χ4n) is 1.82. The summed E-state index contributed by atoms with van der Waals surface area (Å²) < 4.78 is 3.02. The van der Waals surface area contributed by atoms with Crippen LogP contribution in [0.25, 0.3) is 0 Å². The first kappa shape index (κ1) is 11.1. The Bertz CT molecular complexity index is 323. The lowest BCUT2D eigenvalue weighted by Gasteiger charge is -2.13. The van der Waals surface area contributed by atoms with Gasteiger partial charge in [-0.15, -0.1) is 0 Å². The van der Waals surface area contributed by atoms with Crippen LogP contribution in [0.5, 0.6) is 0 Å². The van der Waals surface area contributed by atoms with Gasteiger partial charge in [0, 0.05) is 12.2 Å². The number of halogens is 1. The standard InChI is InChI=1S/C11H18BrN3/c1-8-3-10(8)4-13-9(2)6-15-7-11(12)5-14-15/h5,7-10,13H,3-4,6H2,1-2H3. The molecule has 0 saturated heterocycles. The van der Waals surface area contributed by atoms with Crippen molar-refractivity contribution in [2.24, 2.45) is 11.8 Å². The highest BCUT2D eigenvalue weighted by molar-refractivity contribution is 9.10. The zero-order valence-corrected chi connectivity index (χ0v) is 10.9. The third-order valence-corrected chi connectivity index (χ3v) is 3.48. The van der Waals surface area contributed by atoms with Crippen LogP contribution in [0, 0.1) is 11.8 Å². The lowest BCUT2D eigenvalue weighted by atomic mass is 10.3. The highest BCUT2D eigenvalue weighted by Crippen LogP contribution is 2.36. The predicted octanol–water partition coefficient (Wildman–Crippen LogP) is 2.28. The largest absolute Gasteiger partial charge is 0.312 e. The highest BCUT2D eigenvalue weighted by Gasteiger charge is 2.31. The van der Waals surface area contributed by atoms with E-state index in [1.807, 2.05) is 17.1 Å². The monoisotopic (exact) mass is 271 g/mol. The summed E-state index contributed by atoms with van der Waals surface area (Å²) in [6, 6.07) is 0.490. The Labute approximate surface area is 99.4 Å². The molecule has 1 saturated carbocycles. The number of hydrogen-bond donors (Lipinski definition) is 1. The second-order valence-electron chi connectivity index (χ2n) is 4.66. The van der Waals surface area contributed by atoms with Gasteiger partial charge in [-0.25, -0.2) is 0 Å². The summed E-state index contributed by atoms with van der Waals surface area (Å²) in [4.78, 5) is 0. The maximum Gasteiger partial charge on any atom is 0.0632 e. The minimum Gasteiger partial charge on any atom is -0.312 e. The van der Waals surface area contributed by atoms with E-state index in [9.17, 15) is 0 Å². The van der Waals surface area contributed by atoms with Gasteiger partial charge < -0.3 is 5.32 Å². The van der Waals surface area contributed by atoms with E-state index in [2.05, 4.69) is 40.2 Å². The molecule has 3 unspecified atom stereocenters. The summed E-state index contributed by atoms with van der Waals surface area (Å²) in [5, 5.41) is 7.80. The van der Waals surface area contributed by atoms with Crippen LogP contribution in [-0.2, 0) is 6.54 Å². The van der Waals surface area contributed by atoms with E-state index < -0.39 is 0 Å². The molecule has 1 aliphatic rings. The first-order chi connectivity index (χ1) is 7.15. The Morgan fingerprint density at radius 3 is 3.00 bits per heavy atom. The Hall–Kier alpha value is -0.350. The molecule has 1 aromatic heterocycles. The molecule has 1 heterocycles. The van der Waals surface area contributed by atoms with Crippen molar-refractivity contribution in [1.29, 1.82) is 0 Å². The molecule has 0 bridgehead atoms. The van der Waals surface area contributed by atoms with E-state index >= 15 is 0 Å². The van der Waals surface area contributed by atoms with Crippen LogP contribution in [-0.4, -0.2) is 22.4 Å². The minimum atomic E-state index is 0.490. The van der Waals surface area contributed by atoms with Gasteiger partial charge in [0.1, 0.15) is 0 Å². The van der Waals surface area contributed by atoms with Crippen LogP contribution in [0.2, 0.25) is 0 Å². The molecular weight excluding hydrogens is 254 g/mol. The Morgan fingerprint density at radius 1 is 1.73 bits per heavy atom. The van der Waals surface area contributed by atoms with Crippen molar-refractivity contribution in [3.8, 4) is 0 Å². The van der Waals surface area contributed by atoms with E-state index in [0.29, 0.717) is 6.04 Å². The molecule has 0 spiro atoms. The molecular formula is C11H18BrN3. The topological polar surface area (TPSA) is 29.9 Å². The average Bonchev–Trinajstić information content (AvgIpc) is 2.73. The molecule has 3 nitrogen and oxygen atoms in total. The van der Waals surface area contributed by atoms with Crippen molar-refractivity contribution in [2.75, 3.05) is 6.54 Å². The first-order valence-electron chi connectivity index (χ1n) is 5.56. The molecule has 1 aliphatic carbocycles. The number of nitrogens with zero attached hydrogens (tertiary/aromatic N) is 2. The van der Waals surface area contributed by atoms with Crippen molar-refractivity contribution in [3.05, 3.63) is 16.9 Å². The molecule has 0 aliphatic heterocycles. The zero-order chi connectivity index (χ0) is 10.8. The zero-order valence-electron chi connectivity index (χ0n) is 9.28. The van der Waals surface area contributed by atoms with Gasteiger partial charge in [0.15, 0.2) is 0 Å². The second kappa shape index (κ2) is 4.66. The van der Waals surface area contributed by atoms with E-state index in [1.54, 1.807) is 0 Å². The van der Waals surface area contributed by atoms with Gasteiger partial charge in [0.2, 0.25) is 0 Å². The van der Waals surface area contributed by atoms with Gasteiger partial charge in [-0.2, -0.15) is 5.10 Å². The summed E-state index contributed by atoms with van der Waals surface area (Å²) >= 11 is 3.40. The lowest BCUT2D eigenvalue weighted by Crippen LogP contribution is -2.32. The number of nitrogens with one attached hydrogen (secondary N) is 1. The quantitative estimate of drug-likeness (QED) is 0.891. The van der Waals surface area contributed by atoms with Crippen molar-refractivity contribution < 1.29 is 0 Å². The highest BCUT2D eigenvalue weighted by atomic mass is 79.9. The summed E-state index contributed by atoms with van der Waals surface area (Å²) in [5.74, 6) is 1.85. The van der Waals surface area contributed by atoms with E-state index in [1.165, 1.54) is 6.42 Å². The number of hydrogen-bond acceptors (Lipinski definition) is 2. The second-order valence-corrected chi connectivity index (χ2v) is 5.58. The fourth-order valence-corrected chi connectivity index (χ4v) is 2.15. The van der Waals surface area contributed by atoms with Crippen LogP contribution in [0.15, 0.2) is 16.9 Å². The summed E-state index contributed by atoms with van der Waals surface area (Å²) in [6.07, 6.45) is 5.24. The Morgan fingerprint density at radius 2 is 2.47 bits per heavy atom. The normalized spacial score (nSPS) is 26.6. The Kier molecular flexibility index (Phi) is 3.46. The van der Waals surface area contributed by atoms with Gasteiger partial charge in [0.05, 0.1) is 17.2 Å². The smallest absolute Gasteiger partial charge is 0.0632 e. The first-order valence-corrected chi connectivity index (χ1v) is 6.36. The maximum absolute atomic E-state index is 4.24. The Balaban J connectivity index is 1.70. The molecule has 4 heteroatoms. The molecule has 1 fully saturated rings. The molecule has 84 valence electrons. The lowest BCUT2D eigenvalue weighted by molar-refractivity contribution is 0.439. The third-order valence-electron chi connectivity index (χ3n) is 3.07. The van der Waals surface area contributed by atoms with Crippen LogP contribution in [0.1, 0.15) is 20.3 Å². The van der Waals surface area contributed by atoms with Crippen molar-refractivity contribution >= 4 is 15.9 Å². The molecule has 15 heavy (non-hydrogen) atoms. The number of rotatable bonds is 5. The molecule has 3 atom stereocenters. The van der Waals surface area contributed by atoms with Gasteiger partial charge in [-0.05, 0) is 47.7 Å². The molecule has 1 aromatic rings. The van der Waals surface area contributed by atoms with E-state index in [0.717, 1.165) is 29.4 Å². The van der Waals surface area contributed by atoms with Gasteiger partial charge in [-0.1, -0.05) is 6.92 Å². The average molecular weight is 272 g/mol. The third kappa shape index (κ3) is 3.31. The summed E-state index contributed by atoms with van der Waals surface area (Å²) in [5.41, 5.74) is 0. The molecule has 0 amide bonds. The molecule has 0 aromatic carbocycles. The van der Waals surface area contributed by atoms with Crippen LogP contribution >= 0.6 is 15.9 Å². The van der Waals surface area contributed by atoms with Crippen LogP contribution in [0.4, 0.5) is 0 Å². The fraction of sp³-hybridized carbons (Fsp3) is 0.727. The van der Waals surface area contributed by atoms with Crippen molar-refractivity contribution in [3.63, 3.8) is 0 Å². The SMILES string of the molecule is CC(Cn1cc(Br)cn1)NCC1CC1C. The van der Waals surface area contributed by atoms with Crippen molar-refractivity contribution in [2.45, 2.75) is 32.9 Å². The summed E-state index contributed by atoms with van der Waals surface area (Å²) in [7, 11) is 0. The molecule has 2 rings (SSSR count). The van der Waals surface area contributed by atoms with Gasteiger partial charge >= 0.3 is 0 Å². The van der Waals surface area contributed by atoms with Crippen molar-refractivity contribution in [1.82, 2.24) is 15.1 Å². The van der Waals surface area contributed by atoms with Crippen LogP contribution in [0.3, 0.4) is 0 Å². The summed E-state index contributed by atoms with van der Waals surface area (Å²) in [6.45, 7) is 6.63. The van der Waals surface area contributed by atoms with E-state index in [-0.39, 0.29) is 0 Å². The minimum absolute atomic E-state index is 0.490. The molecule has 0 radical (unpaired) electrons.